The van der Waals surface area contributed by atoms with E-state index in [-0.39, 0.29) is 11.6 Å². The fourth-order valence-electron chi connectivity index (χ4n) is 4.10. The summed E-state index contributed by atoms with van der Waals surface area (Å²) in [6.07, 6.45) is 8.30. The van der Waals surface area contributed by atoms with E-state index in [0.717, 1.165) is 25.7 Å². The van der Waals surface area contributed by atoms with Gasteiger partial charge in [-0.05, 0) is 69.8 Å². The number of amides is 1. The number of rotatable bonds is 5. The van der Waals surface area contributed by atoms with Crippen molar-refractivity contribution in [2.24, 2.45) is 5.73 Å². The van der Waals surface area contributed by atoms with Crippen molar-refractivity contribution < 1.29 is 14.7 Å². The van der Waals surface area contributed by atoms with Crippen LogP contribution in [0.25, 0.3) is 0 Å². The molecule has 0 aromatic heterocycles. The number of nitrogens with two attached hydrogens (primary N) is 1. The van der Waals surface area contributed by atoms with E-state index in [9.17, 15) is 14.7 Å². The summed E-state index contributed by atoms with van der Waals surface area (Å²) in [5.41, 5.74) is 6.48. The summed E-state index contributed by atoms with van der Waals surface area (Å²) < 4.78 is 0. The molecular weight excluding hydrogens is 318 g/mol. The van der Waals surface area contributed by atoms with E-state index in [1.54, 1.807) is 0 Å². The summed E-state index contributed by atoms with van der Waals surface area (Å²) in [6, 6.07) is 5.34. The monoisotopic (exact) mass is 345 g/mol. The second-order valence-electron chi connectivity index (χ2n) is 7.18. The number of carboxylic acid groups (broad SMARTS) is 1. The SMILES string of the molecule is NC(=O)c1ccc(C(=O)O)cc1NC1CCC(N2CCCCC2)CC1. The van der Waals surface area contributed by atoms with Gasteiger partial charge in [0.05, 0.1) is 11.1 Å². The normalized spacial score (nSPS) is 24.6. The van der Waals surface area contributed by atoms with Gasteiger partial charge in [0.2, 0.25) is 0 Å². The largest absolute Gasteiger partial charge is 0.478 e. The van der Waals surface area contributed by atoms with Crippen molar-refractivity contribution in [2.75, 3.05) is 18.4 Å². The Kier molecular flexibility index (Phi) is 5.58. The van der Waals surface area contributed by atoms with Crippen molar-refractivity contribution in [3.8, 4) is 0 Å². The van der Waals surface area contributed by atoms with Gasteiger partial charge in [-0.3, -0.25) is 4.79 Å². The Morgan fingerprint density at radius 3 is 2.36 bits per heavy atom. The molecule has 1 saturated carbocycles. The number of benzene rings is 1. The van der Waals surface area contributed by atoms with Gasteiger partial charge in [0.25, 0.3) is 5.91 Å². The number of carbonyl (C=O) groups is 2. The molecule has 1 saturated heterocycles. The highest BCUT2D eigenvalue weighted by atomic mass is 16.4. The predicted octanol–water partition coefficient (Wildman–Crippen LogP) is 2.69. The first-order valence-electron chi connectivity index (χ1n) is 9.22. The van der Waals surface area contributed by atoms with Crippen LogP contribution in [0.2, 0.25) is 0 Å². The Labute approximate surface area is 148 Å². The Bertz CT molecular complexity index is 633. The summed E-state index contributed by atoms with van der Waals surface area (Å²) in [6.45, 7) is 2.44. The molecule has 1 aliphatic heterocycles. The number of primary amides is 1. The van der Waals surface area contributed by atoms with E-state index in [4.69, 9.17) is 5.73 Å². The topological polar surface area (TPSA) is 95.7 Å². The molecule has 2 fully saturated rings. The number of carbonyl (C=O) groups excluding carboxylic acids is 1. The lowest BCUT2D eigenvalue weighted by Crippen LogP contribution is -2.43. The van der Waals surface area contributed by atoms with Gasteiger partial charge in [-0.2, -0.15) is 0 Å². The van der Waals surface area contributed by atoms with Crippen molar-refractivity contribution >= 4 is 17.6 Å². The molecule has 0 spiro atoms. The van der Waals surface area contributed by atoms with Crippen LogP contribution in [0.5, 0.6) is 0 Å². The third kappa shape index (κ3) is 4.31. The van der Waals surface area contributed by atoms with Gasteiger partial charge >= 0.3 is 5.97 Å². The van der Waals surface area contributed by atoms with Crippen molar-refractivity contribution in [3.63, 3.8) is 0 Å². The van der Waals surface area contributed by atoms with Crippen LogP contribution in [0, 0.1) is 0 Å². The summed E-state index contributed by atoms with van der Waals surface area (Å²) >= 11 is 0. The number of carboxylic acids is 1. The number of hydrogen-bond donors (Lipinski definition) is 3. The zero-order valence-electron chi connectivity index (χ0n) is 14.5. The highest BCUT2D eigenvalue weighted by Gasteiger charge is 2.27. The highest BCUT2D eigenvalue weighted by molar-refractivity contribution is 6.00. The van der Waals surface area contributed by atoms with Gasteiger partial charge in [0.15, 0.2) is 0 Å². The average Bonchev–Trinajstić information content (AvgIpc) is 2.63. The Morgan fingerprint density at radius 1 is 1.08 bits per heavy atom. The van der Waals surface area contributed by atoms with Crippen LogP contribution in [0.4, 0.5) is 5.69 Å². The summed E-state index contributed by atoms with van der Waals surface area (Å²) in [7, 11) is 0. The van der Waals surface area contributed by atoms with Crippen molar-refractivity contribution in [1.82, 2.24) is 4.90 Å². The van der Waals surface area contributed by atoms with E-state index >= 15 is 0 Å². The maximum atomic E-state index is 11.6. The summed E-state index contributed by atoms with van der Waals surface area (Å²) in [4.78, 5) is 25.5. The molecule has 3 rings (SSSR count). The summed E-state index contributed by atoms with van der Waals surface area (Å²) in [5.74, 6) is -1.55. The molecule has 4 N–H and O–H groups in total. The number of anilines is 1. The molecular formula is C19H27N3O3. The van der Waals surface area contributed by atoms with E-state index < -0.39 is 11.9 Å². The van der Waals surface area contributed by atoms with Crippen LogP contribution in [0.1, 0.15) is 65.7 Å². The van der Waals surface area contributed by atoms with E-state index in [2.05, 4.69) is 10.2 Å². The first-order valence-corrected chi connectivity index (χ1v) is 9.22. The van der Waals surface area contributed by atoms with E-state index in [1.807, 2.05) is 0 Å². The van der Waals surface area contributed by atoms with Gasteiger partial charge in [0.1, 0.15) is 0 Å². The van der Waals surface area contributed by atoms with Crippen LogP contribution in [-0.4, -0.2) is 47.1 Å². The number of likely N-dealkylation sites (tertiary alicyclic amines) is 1. The maximum absolute atomic E-state index is 11.6. The zero-order valence-corrected chi connectivity index (χ0v) is 14.5. The quantitative estimate of drug-likeness (QED) is 0.762. The molecule has 1 aromatic rings. The van der Waals surface area contributed by atoms with Crippen molar-refractivity contribution in [2.45, 2.75) is 57.0 Å². The zero-order chi connectivity index (χ0) is 17.8. The van der Waals surface area contributed by atoms with Crippen molar-refractivity contribution in [1.29, 1.82) is 0 Å². The second kappa shape index (κ2) is 7.87. The molecule has 1 amide bonds. The molecule has 6 nitrogen and oxygen atoms in total. The standard InChI is InChI=1S/C19H27N3O3/c20-18(23)16-9-4-13(19(24)25)12-17(16)21-14-5-7-15(8-6-14)22-10-2-1-3-11-22/h4,9,12,14-15,21H,1-3,5-8,10-11H2,(H2,20,23)(H,24,25). The lowest BCUT2D eigenvalue weighted by atomic mass is 9.89. The van der Waals surface area contributed by atoms with Gasteiger partial charge in [-0.1, -0.05) is 6.42 Å². The smallest absolute Gasteiger partial charge is 0.335 e. The molecule has 0 atom stereocenters. The van der Waals surface area contributed by atoms with Gasteiger partial charge in [0, 0.05) is 17.8 Å². The third-order valence-electron chi connectivity index (χ3n) is 5.50. The molecule has 136 valence electrons. The van der Waals surface area contributed by atoms with Crippen molar-refractivity contribution in [3.05, 3.63) is 29.3 Å². The van der Waals surface area contributed by atoms with Gasteiger partial charge in [-0.25, -0.2) is 4.79 Å². The fraction of sp³-hybridized carbons (Fsp3) is 0.579. The third-order valence-corrected chi connectivity index (χ3v) is 5.50. The molecule has 1 aromatic carbocycles. The fourth-order valence-corrected chi connectivity index (χ4v) is 4.10. The Balaban J connectivity index is 1.64. The summed E-state index contributed by atoms with van der Waals surface area (Å²) in [5, 5.41) is 12.5. The molecule has 0 bridgehead atoms. The average molecular weight is 345 g/mol. The molecule has 0 unspecified atom stereocenters. The highest BCUT2D eigenvalue weighted by Crippen LogP contribution is 2.29. The van der Waals surface area contributed by atoms with E-state index in [0.29, 0.717) is 17.3 Å². The lowest BCUT2D eigenvalue weighted by Gasteiger charge is -2.39. The van der Waals surface area contributed by atoms with Crippen LogP contribution < -0.4 is 11.1 Å². The minimum Gasteiger partial charge on any atom is -0.478 e. The molecule has 2 aliphatic rings. The Hall–Kier alpha value is -2.08. The molecule has 1 heterocycles. The maximum Gasteiger partial charge on any atom is 0.335 e. The van der Waals surface area contributed by atoms with Crippen LogP contribution in [-0.2, 0) is 0 Å². The van der Waals surface area contributed by atoms with Crippen LogP contribution >= 0.6 is 0 Å². The lowest BCUT2D eigenvalue weighted by molar-refractivity contribution is 0.0696. The minimum absolute atomic E-state index is 0.162. The number of nitrogens with one attached hydrogen (secondary N) is 1. The minimum atomic E-state index is -1.01. The molecule has 25 heavy (non-hydrogen) atoms. The second-order valence-corrected chi connectivity index (χ2v) is 7.18. The molecule has 1 aliphatic carbocycles. The molecule has 0 radical (unpaired) electrons. The predicted molar refractivity (Wildman–Crippen MR) is 97.0 cm³/mol. The van der Waals surface area contributed by atoms with E-state index in [1.165, 1.54) is 50.6 Å². The number of nitrogens with zero attached hydrogens (tertiary/aromatic N) is 1. The van der Waals surface area contributed by atoms with Gasteiger partial charge in [-0.15, -0.1) is 0 Å². The number of piperidine rings is 1. The molecule has 6 heteroatoms. The first kappa shape index (κ1) is 17.7. The Morgan fingerprint density at radius 2 is 1.76 bits per heavy atom. The van der Waals surface area contributed by atoms with Crippen LogP contribution in [0.15, 0.2) is 18.2 Å². The van der Waals surface area contributed by atoms with Crippen LogP contribution in [0.3, 0.4) is 0 Å². The number of aromatic carboxylic acids is 1. The van der Waals surface area contributed by atoms with Gasteiger partial charge < -0.3 is 21.1 Å². The number of hydrogen-bond acceptors (Lipinski definition) is 4. The first-order chi connectivity index (χ1) is 12.0.